The predicted octanol–water partition coefficient (Wildman–Crippen LogP) is 2.28. The van der Waals surface area contributed by atoms with Crippen molar-refractivity contribution >= 4 is 9.84 Å². The van der Waals surface area contributed by atoms with Crippen molar-refractivity contribution in [1.29, 1.82) is 0 Å². The summed E-state index contributed by atoms with van der Waals surface area (Å²) >= 11 is 0. The quantitative estimate of drug-likeness (QED) is 0.912. The first-order valence-electron chi connectivity index (χ1n) is 7.54. The number of hydrogen-bond acceptors (Lipinski definition) is 4. The Morgan fingerprint density at radius 2 is 1.70 bits per heavy atom. The number of benzene rings is 2. The molecule has 3 rings (SSSR count). The van der Waals surface area contributed by atoms with Gasteiger partial charge in [-0.3, -0.25) is 0 Å². The van der Waals surface area contributed by atoms with Gasteiger partial charge in [0.25, 0.3) is 0 Å². The predicted molar refractivity (Wildman–Crippen MR) is 90.1 cm³/mol. The first kappa shape index (κ1) is 16.2. The highest BCUT2D eigenvalue weighted by atomic mass is 32.2. The minimum Gasteiger partial charge on any atom is -0.383 e. The topological polar surface area (TPSA) is 69.4 Å². The van der Waals surface area contributed by atoms with Crippen LogP contribution in [0.15, 0.2) is 59.5 Å². The molecule has 2 N–H and O–H groups in total. The molecule has 2 aromatic carbocycles. The third-order valence-electron chi connectivity index (χ3n) is 4.54. The Morgan fingerprint density at radius 1 is 1.09 bits per heavy atom. The summed E-state index contributed by atoms with van der Waals surface area (Å²) in [6.45, 7) is 2.21. The molecular formula is C18H21NO3S. The molecule has 1 aliphatic rings. The van der Waals surface area contributed by atoms with Gasteiger partial charge in [-0.2, -0.15) is 0 Å². The van der Waals surface area contributed by atoms with Gasteiger partial charge in [0.2, 0.25) is 0 Å². The molecule has 0 bridgehead atoms. The van der Waals surface area contributed by atoms with Crippen LogP contribution >= 0.6 is 0 Å². The Hall–Kier alpha value is -1.69. The lowest BCUT2D eigenvalue weighted by Crippen LogP contribution is -2.35. The van der Waals surface area contributed by atoms with Gasteiger partial charge in [0, 0.05) is 13.0 Å². The van der Waals surface area contributed by atoms with Crippen LogP contribution in [0.25, 0.3) is 0 Å². The van der Waals surface area contributed by atoms with Gasteiger partial charge in [-0.15, -0.1) is 0 Å². The molecule has 0 aliphatic heterocycles. The van der Waals surface area contributed by atoms with E-state index in [9.17, 15) is 8.42 Å². The lowest BCUT2D eigenvalue weighted by atomic mass is 10.1. The van der Waals surface area contributed by atoms with E-state index in [1.165, 1.54) is 0 Å². The van der Waals surface area contributed by atoms with E-state index in [1.807, 2.05) is 31.2 Å². The summed E-state index contributed by atoms with van der Waals surface area (Å²) in [6, 6.07) is 16.4. The van der Waals surface area contributed by atoms with E-state index in [0.717, 1.165) is 11.1 Å². The highest BCUT2D eigenvalue weighted by Gasteiger charge is 2.69. The first-order chi connectivity index (χ1) is 10.9. The Bertz CT molecular complexity index is 787. The van der Waals surface area contributed by atoms with Gasteiger partial charge in [0.05, 0.1) is 22.3 Å². The summed E-state index contributed by atoms with van der Waals surface area (Å²) in [7, 11) is -1.96. The summed E-state index contributed by atoms with van der Waals surface area (Å²) in [5.74, 6) is -0.256. The Morgan fingerprint density at radius 3 is 2.26 bits per heavy atom. The maximum absolute atomic E-state index is 13.0. The van der Waals surface area contributed by atoms with Gasteiger partial charge < -0.3 is 10.5 Å². The third-order valence-corrected chi connectivity index (χ3v) is 6.85. The first-order valence-corrected chi connectivity index (χ1v) is 9.09. The van der Waals surface area contributed by atoms with Crippen LogP contribution in [-0.2, 0) is 14.6 Å². The molecule has 3 atom stereocenters. The maximum Gasteiger partial charge on any atom is 0.183 e. The molecule has 1 aliphatic carbocycles. The molecule has 0 amide bonds. The summed E-state index contributed by atoms with van der Waals surface area (Å²) in [6.07, 6.45) is 0. The normalized spacial score (nSPS) is 26.9. The minimum absolute atomic E-state index is 0.211. The average Bonchev–Trinajstić information content (AvgIpc) is 3.15. The molecule has 0 saturated heterocycles. The molecule has 0 unspecified atom stereocenters. The average molecular weight is 331 g/mol. The van der Waals surface area contributed by atoms with Crippen molar-refractivity contribution in [3.8, 4) is 0 Å². The van der Waals surface area contributed by atoms with Crippen LogP contribution in [0.2, 0.25) is 0 Å². The third kappa shape index (κ3) is 2.69. The van der Waals surface area contributed by atoms with E-state index < -0.39 is 20.6 Å². The standard InChI is InChI=1S/C18H21NO3S/c1-13-8-10-14(11-9-13)16-17(18(16,19)12-22-2)23(20,21)15-6-4-3-5-7-15/h3-11,16-17H,12,19H2,1-2H3/t16-,17+,18+/m1/s1. The number of aryl methyl sites for hydroxylation is 1. The van der Waals surface area contributed by atoms with Gasteiger partial charge in [-0.05, 0) is 24.6 Å². The molecule has 0 heterocycles. The van der Waals surface area contributed by atoms with E-state index in [1.54, 1.807) is 37.4 Å². The Balaban J connectivity index is 2.01. The molecule has 122 valence electrons. The van der Waals surface area contributed by atoms with Crippen molar-refractivity contribution in [2.45, 2.75) is 28.5 Å². The fraction of sp³-hybridized carbons (Fsp3) is 0.333. The number of nitrogens with two attached hydrogens (primary N) is 1. The number of rotatable bonds is 5. The van der Waals surface area contributed by atoms with Gasteiger partial charge in [0.1, 0.15) is 0 Å². The van der Waals surface area contributed by atoms with Crippen LogP contribution in [0.3, 0.4) is 0 Å². The molecule has 4 nitrogen and oxygen atoms in total. The highest BCUT2D eigenvalue weighted by molar-refractivity contribution is 7.92. The van der Waals surface area contributed by atoms with Crippen LogP contribution in [0.5, 0.6) is 0 Å². The Kier molecular flexibility index (Phi) is 4.04. The number of ether oxygens (including phenoxy) is 1. The van der Waals surface area contributed by atoms with Gasteiger partial charge in [-0.1, -0.05) is 48.0 Å². The summed E-state index contributed by atoms with van der Waals surface area (Å²) < 4.78 is 31.2. The van der Waals surface area contributed by atoms with Crippen LogP contribution in [0.1, 0.15) is 17.0 Å². The van der Waals surface area contributed by atoms with Crippen LogP contribution in [-0.4, -0.2) is 32.9 Å². The van der Waals surface area contributed by atoms with Crippen molar-refractivity contribution < 1.29 is 13.2 Å². The largest absolute Gasteiger partial charge is 0.383 e. The van der Waals surface area contributed by atoms with Crippen LogP contribution in [0, 0.1) is 6.92 Å². The van der Waals surface area contributed by atoms with Crippen LogP contribution in [0.4, 0.5) is 0 Å². The molecule has 1 fully saturated rings. The lowest BCUT2D eigenvalue weighted by molar-refractivity contribution is 0.171. The Labute approximate surface area is 137 Å². The van der Waals surface area contributed by atoms with Crippen molar-refractivity contribution in [1.82, 2.24) is 0 Å². The fourth-order valence-corrected chi connectivity index (χ4v) is 5.64. The fourth-order valence-electron chi connectivity index (χ4n) is 3.33. The molecular weight excluding hydrogens is 310 g/mol. The van der Waals surface area contributed by atoms with E-state index in [2.05, 4.69) is 0 Å². The zero-order valence-electron chi connectivity index (χ0n) is 13.3. The molecule has 1 saturated carbocycles. The lowest BCUT2D eigenvalue weighted by Gasteiger charge is -2.11. The molecule has 0 radical (unpaired) electrons. The number of methoxy groups -OCH3 is 1. The monoisotopic (exact) mass is 331 g/mol. The number of hydrogen-bond donors (Lipinski definition) is 1. The van der Waals surface area contributed by atoms with Crippen molar-refractivity contribution in [3.05, 3.63) is 65.7 Å². The molecule has 0 aromatic heterocycles. The summed E-state index contributed by atoms with van der Waals surface area (Å²) in [5, 5.41) is -0.667. The highest BCUT2D eigenvalue weighted by Crippen LogP contribution is 2.55. The van der Waals surface area contributed by atoms with Gasteiger partial charge in [-0.25, -0.2) is 8.42 Å². The smallest absolute Gasteiger partial charge is 0.183 e. The summed E-state index contributed by atoms with van der Waals surface area (Å²) in [4.78, 5) is 0.311. The number of sulfone groups is 1. The van der Waals surface area contributed by atoms with Crippen molar-refractivity contribution in [2.24, 2.45) is 5.73 Å². The van der Waals surface area contributed by atoms with Gasteiger partial charge >= 0.3 is 0 Å². The van der Waals surface area contributed by atoms with E-state index >= 15 is 0 Å². The summed E-state index contributed by atoms with van der Waals surface area (Å²) in [5.41, 5.74) is 7.62. The SMILES string of the molecule is COC[C@]1(N)[C@H](c2ccc(C)cc2)[C@@H]1S(=O)(=O)c1ccccc1. The van der Waals surface area contributed by atoms with E-state index in [-0.39, 0.29) is 12.5 Å². The second-order valence-electron chi connectivity index (χ2n) is 6.21. The zero-order valence-corrected chi connectivity index (χ0v) is 14.1. The molecule has 0 spiro atoms. The second kappa shape index (κ2) is 5.74. The minimum atomic E-state index is -3.51. The zero-order chi connectivity index (χ0) is 16.7. The van der Waals surface area contributed by atoms with E-state index in [4.69, 9.17) is 10.5 Å². The second-order valence-corrected chi connectivity index (χ2v) is 8.28. The molecule has 2 aromatic rings. The van der Waals surface area contributed by atoms with Crippen molar-refractivity contribution in [3.63, 3.8) is 0 Å². The van der Waals surface area contributed by atoms with Crippen molar-refractivity contribution in [2.75, 3.05) is 13.7 Å². The van der Waals surface area contributed by atoms with Gasteiger partial charge in [0.15, 0.2) is 9.84 Å². The molecule has 23 heavy (non-hydrogen) atoms. The molecule has 5 heteroatoms. The van der Waals surface area contributed by atoms with E-state index in [0.29, 0.717) is 4.90 Å². The maximum atomic E-state index is 13.0. The van der Waals surface area contributed by atoms with Crippen LogP contribution < -0.4 is 5.73 Å².